The second-order valence-corrected chi connectivity index (χ2v) is 9.01. The Labute approximate surface area is 181 Å². The van der Waals surface area contributed by atoms with Crippen LogP contribution in [0.25, 0.3) is 0 Å². The van der Waals surface area contributed by atoms with Crippen LogP contribution in [0.1, 0.15) is 25.0 Å². The molecule has 0 radical (unpaired) electrons. The predicted molar refractivity (Wildman–Crippen MR) is 116 cm³/mol. The first kappa shape index (κ1) is 19.7. The first-order valence-electron chi connectivity index (χ1n) is 10.7. The van der Waals surface area contributed by atoms with Gasteiger partial charge in [-0.1, -0.05) is 60.7 Å². The van der Waals surface area contributed by atoms with Crippen molar-refractivity contribution in [2.24, 2.45) is 11.8 Å². The lowest BCUT2D eigenvalue weighted by molar-refractivity contribution is -0.730. The van der Waals surface area contributed by atoms with Crippen LogP contribution in [-0.2, 0) is 26.5 Å². The number of quaternary nitrogens is 1. The quantitative estimate of drug-likeness (QED) is 0.607. The number of likely N-dealkylation sites (tertiary alicyclic amines) is 1. The molecule has 1 spiro atoms. The highest BCUT2D eigenvalue weighted by Crippen LogP contribution is 2.51. The fraction of sp³-hybridized carbons (Fsp3) is 0.320. The van der Waals surface area contributed by atoms with Gasteiger partial charge in [-0.05, 0) is 25.5 Å². The second kappa shape index (κ2) is 6.89. The van der Waals surface area contributed by atoms with Gasteiger partial charge in [0.2, 0.25) is 17.4 Å². The number of nitrogens with two attached hydrogens (primary N) is 1. The summed E-state index contributed by atoms with van der Waals surface area (Å²) in [7, 11) is 0. The van der Waals surface area contributed by atoms with Gasteiger partial charge in [-0.3, -0.25) is 19.3 Å². The van der Waals surface area contributed by atoms with Gasteiger partial charge in [0.25, 0.3) is 5.91 Å². The second-order valence-electron chi connectivity index (χ2n) is 9.01. The van der Waals surface area contributed by atoms with Gasteiger partial charge in [0, 0.05) is 12.1 Å². The van der Waals surface area contributed by atoms with Crippen molar-refractivity contribution in [3.63, 3.8) is 0 Å². The molecule has 158 valence electrons. The Bertz CT molecular complexity index is 1110. The summed E-state index contributed by atoms with van der Waals surface area (Å²) in [5, 5.41) is 1.96. The molecule has 2 fully saturated rings. The number of anilines is 1. The highest BCUT2D eigenvalue weighted by molar-refractivity contribution is 6.14. The number of carbonyl (C=O) groups excluding carboxylic acids is 3. The third kappa shape index (κ3) is 2.64. The first-order chi connectivity index (χ1) is 14.9. The largest absolute Gasteiger partial charge is 0.326 e. The number of imide groups is 1. The molecule has 0 unspecified atom stereocenters. The molecule has 0 aliphatic carbocycles. The molecule has 3 heterocycles. The average Bonchev–Trinajstić information content (AvgIpc) is 3.29. The van der Waals surface area contributed by atoms with Gasteiger partial charge in [-0.15, -0.1) is 0 Å². The van der Waals surface area contributed by atoms with E-state index in [2.05, 4.69) is 6.58 Å². The summed E-state index contributed by atoms with van der Waals surface area (Å²) in [6.45, 7) is 8.44. The standard InChI is InChI=1S/C25H25N3O3/c1-15(2)13-27-19-12-8-7-11-18(19)25(24(27)31)21-20(16(3)26-25)22(29)28(23(21)30)14-17-9-5-4-6-10-17/h4-12,16,20-21,26H,1,13-14H2,2-3H3/p+1/t16-,20+,21-,25-/m0/s1. The number of benzene rings is 2. The lowest BCUT2D eigenvalue weighted by Gasteiger charge is -2.27. The summed E-state index contributed by atoms with van der Waals surface area (Å²) in [5.74, 6) is -1.78. The number of nitrogens with zero attached hydrogens (tertiary/aromatic N) is 2. The summed E-state index contributed by atoms with van der Waals surface area (Å²) in [5.41, 5.74) is 2.29. The van der Waals surface area contributed by atoms with Crippen molar-refractivity contribution < 1.29 is 19.7 Å². The van der Waals surface area contributed by atoms with E-state index in [9.17, 15) is 14.4 Å². The van der Waals surface area contributed by atoms with Crippen LogP contribution in [0.4, 0.5) is 5.69 Å². The fourth-order valence-corrected chi connectivity index (χ4v) is 5.70. The monoisotopic (exact) mass is 416 g/mol. The third-order valence-corrected chi connectivity index (χ3v) is 6.88. The minimum absolute atomic E-state index is 0.126. The fourth-order valence-electron chi connectivity index (χ4n) is 5.70. The molecule has 3 aliphatic rings. The molecule has 3 amide bonds. The minimum Gasteiger partial charge on any atom is -0.326 e. The number of hydrogen-bond acceptors (Lipinski definition) is 3. The Balaban J connectivity index is 1.60. The van der Waals surface area contributed by atoms with Crippen LogP contribution in [0.2, 0.25) is 0 Å². The Morgan fingerprint density at radius 2 is 1.68 bits per heavy atom. The summed E-state index contributed by atoms with van der Waals surface area (Å²) >= 11 is 0. The summed E-state index contributed by atoms with van der Waals surface area (Å²) in [4.78, 5) is 44.0. The molecule has 6 heteroatoms. The van der Waals surface area contributed by atoms with Gasteiger partial charge in [0.1, 0.15) is 11.8 Å². The molecule has 4 atom stereocenters. The van der Waals surface area contributed by atoms with Crippen molar-refractivity contribution in [3.8, 4) is 0 Å². The van der Waals surface area contributed by atoms with Crippen LogP contribution in [-0.4, -0.2) is 35.2 Å². The Hall–Kier alpha value is -3.25. The Kier molecular flexibility index (Phi) is 4.38. The van der Waals surface area contributed by atoms with E-state index >= 15 is 0 Å². The number of amides is 3. The molecule has 0 bridgehead atoms. The predicted octanol–water partition coefficient (Wildman–Crippen LogP) is 1.57. The van der Waals surface area contributed by atoms with E-state index in [4.69, 9.17) is 0 Å². The maximum absolute atomic E-state index is 13.9. The minimum atomic E-state index is -1.10. The molecule has 2 N–H and O–H groups in total. The molecule has 0 saturated carbocycles. The molecule has 2 aromatic carbocycles. The van der Waals surface area contributed by atoms with Crippen LogP contribution in [0.5, 0.6) is 0 Å². The summed E-state index contributed by atoms with van der Waals surface area (Å²) in [6, 6.07) is 17.0. The van der Waals surface area contributed by atoms with E-state index in [0.717, 1.165) is 22.4 Å². The van der Waals surface area contributed by atoms with Gasteiger partial charge in [-0.25, -0.2) is 0 Å². The average molecular weight is 417 g/mol. The Morgan fingerprint density at radius 3 is 2.39 bits per heavy atom. The van der Waals surface area contributed by atoms with Crippen molar-refractivity contribution >= 4 is 23.4 Å². The van der Waals surface area contributed by atoms with E-state index in [1.807, 2.05) is 73.8 Å². The van der Waals surface area contributed by atoms with Gasteiger partial charge in [0.05, 0.1) is 18.3 Å². The van der Waals surface area contributed by atoms with Crippen molar-refractivity contribution in [2.75, 3.05) is 11.4 Å². The highest BCUT2D eigenvalue weighted by Gasteiger charge is 2.74. The third-order valence-electron chi connectivity index (χ3n) is 6.88. The van der Waals surface area contributed by atoms with Gasteiger partial charge >= 0.3 is 0 Å². The number of rotatable bonds is 4. The Morgan fingerprint density at radius 1 is 1.00 bits per heavy atom. The van der Waals surface area contributed by atoms with Crippen LogP contribution >= 0.6 is 0 Å². The van der Waals surface area contributed by atoms with Crippen LogP contribution in [0.15, 0.2) is 66.7 Å². The topological polar surface area (TPSA) is 74.3 Å². The van der Waals surface area contributed by atoms with E-state index in [0.29, 0.717) is 6.54 Å². The molecule has 5 rings (SSSR count). The molecular formula is C25H26N3O3+. The van der Waals surface area contributed by atoms with E-state index in [-0.39, 0.29) is 30.3 Å². The molecule has 2 saturated heterocycles. The van der Waals surface area contributed by atoms with Crippen LogP contribution < -0.4 is 10.2 Å². The van der Waals surface area contributed by atoms with Gasteiger partial charge in [0.15, 0.2) is 0 Å². The van der Waals surface area contributed by atoms with Crippen molar-refractivity contribution in [1.82, 2.24) is 4.90 Å². The van der Waals surface area contributed by atoms with E-state index in [1.165, 1.54) is 4.90 Å². The summed E-state index contributed by atoms with van der Waals surface area (Å²) < 4.78 is 0. The van der Waals surface area contributed by atoms with Crippen molar-refractivity contribution in [2.45, 2.75) is 32.0 Å². The normalized spacial score (nSPS) is 29.1. The van der Waals surface area contributed by atoms with Crippen LogP contribution in [0.3, 0.4) is 0 Å². The number of carbonyl (C=O) groups is 3. The molecule has 2 aromatic rings. The number of fused-ring (bicyclic) bond motifs is 4. The number of para-hydroxylation sites is 1. The number of hydrogen-bond donors (Lipinski definition) is 1. The van der Waals surface area contributed by atoms with E-state index < -0.39 is 17.4 Å². The van der Waals surface area contributed by atoms with E-state index in [1.54, 1.807) is 4.90 Å². The lowest BCUT2D eigenvalue weighted by atomic mass is 9.76. The van der Waals surface area contributed by atoms with Crippen molar-refractivity contribution in [3.05, 3.63) is 77.9 Å². The molecular weight excluding hydrogens is 390 g/mol. The summed E-state index contributed by atoms with van der Waals surface area (Å²) in [6.07, 6.45) is 0. The molecule has 31 heavy (non-hydrogen) atoms. The van der Waals surface area contributed by atoms with Crippen molar-refractivity contribution in [1.29, 1.82) is 0 Å². The first-order valence-corrected chi connectivity index (χ1v) is 10.7. The maximum atomic E-state index is 13.9. The highest BCUT2D eigenvalue weighted by atomic mass is 16.2. The molecule has 3 aliphatic heterocycles. The zero-order chi connectivity index (χ0) is 21.9. The SMILES string of the molecule is C=C(C)CN1C(=O)[C@]2([NH2+][C@@H](C)[C@H]3C(=O)N(Cc4ccccc4)C(=O)[C@H]32)c2ccccc21. The molecule has 0 aromatic heterocycles. The maximum Gasteiger partial charge on any atom is 0.294 e. The smallest absolute Gasteiger partial charge is 0.294 e. The van der Waals surface area contributed by atoms with Gasteiger partial charge in [-0.2, -0.15) is 0 Å². The zero-order valence-electron chi connectivity index (χ0n) is 17.7. The van der Waals surface area contributed by atoms with Crippen LogP contribution in [0, 0.1) is 11.8 Å². The zero-order valence-corrected chi connectivity index (χ0v) is 17.7. The lowest BCUT2D eigenvalue weighted by Crippen LogP contribution is -2.98. The molecule has 6 nitrogen and oxygen atoms in total. The van der Waals surface area contributed by atoms with Gasteiger partial charge < -0.3 is 10.2 Å².